The maximum absolute atomic E-state index is 12.5. The average Bonchev–Trinajstić information content (AvgIpc) is 2.74. The van der Waals surface area contributed by atoms with E-state index in [1.807, 2.05) is 36.4 Å². The molecule has 1 fully saturated rings. The number of nitrogens with zero attached hydrogens (tertiary/aromatic N) is 1. The Bertz CT molecular complexity index is 820. The van der Waals surface area contributed by atoms with Crippen molar-refractivity contribution < 1.29 is 19.1 Å². The van der Waals surface area contributed by atoms with Crippen molar-refractivity contribution in [2.45, 2.75) is 12.5 Å². The monoisotopic (exact) mass is 383 g/mol. The van der Waals surface area contributed by atoms with E-state index in [0.29, 0.717) is 24.5 Å². The van der Waals surface area contributed by atoms with Crippen LogP contribution < -0.4 is 16.0 Å². The van der Waals surface area contributed by atoms with Gasteiger partial charge in [0.2, 0.25) is 5.91 Å². The number of esters is 1. The summed E-state index contributed by atoms with van der Waals surface area (Å²) >= 11 is 0. The third-order valence-corrected chi connectivity index (χ3v) is 4.69. The maximum Gasteiger partial charge on any atom is 0.340 e. The van der Waals surface area contributed by atoms with Crippen molar-refractivity contribution in [3.63, 3.8) is 0 Å². The van der Waals surface area contributed by atoms with Gasteiger partial charge in [-0.3, -0.25) is 4.79 Å². The summed E-state index contributed by atoms with van der Waals surface area (Å²) in [4.78, 5) is 26.9. The molecule has 0 radical (unpaired) electrons. The van der Waals surface area contributed by atoms with Crippen LogP contribution in [-0.2, 0) is 14.3 Å². The van der Waals surface area contributed by atoms with Crippen LogP contribution in [0.4, 0.5) is 11.4 Å². The summed E-state index contributed by atoms with van der Waals surface area (Å²) in [6.07, 6.45) is 0.107. The zero-order valence-electron chi connectivity index (χ0n) is 15.9. The van der Waals surface area contributed by atoms with Gasteiger partial charge in [0.15, 0.2) is 0 Å². The first-order valence-electron chi connectivity index (χ1n) is 9.24. The normalized spacial score (nSPS) is 15.0. The third-order valence-electron chi connectivity index (χ3n) is 4.69. The summed E-state index contributed by atoms with van der Waals surface area (Å²) in [5, 5.41) is 2.79. The van der Waals surface area contributed by atoms with E-state index < -0.39 is 12.0 Å². The van der Waals surface area contributed by atoms with E-state index >= 15 is 0 Å². The van der Waals surface area contributed by atoms with Crippen LogP contribution >= 0.6 is 0 Å². The number of amides is 1. The number of carbonyl (C=O) groups is 2. The van der Waals surface area contributed by atoms with Crippen molar-refractivity contribution in [2.75, 3.05) is 43.6 Å². The van der Waals surface area contributed by atoms with E-state index in [2.05, 4.69) is 10.2 Å². The molecule has 0 aromatic heterocycles. The molecule has 0 bridgehead atoms. The fraction of sp³-hybridized carbons (Fsp3) is 0.333. The van der Waals surface area contributed by atoms with Crippen LogP contribution in [0.15, 0.2) is 48.5 Å². The van der Waals surface area contributed by atoms with Crippen LogP contribution in [-0.4, -0.2) is 45.3 Å². The number of anilines is 2. The van der Waals surface area contributed by atoms with Gasteiger partial charge in [-0.15, -0.1) is 0 Å². The van der Waals surface area contributed by atoms with Gasteiger partial charge in [0.1, 0.15) is 0 Å². The molecule has 28 heavy (non-hydrogen) atoms. The minimum absolute atomic E-state index is 0.107. The molecular formula is C21H25N3O4. The molecule has 3 N–H and O–H groups in total. The molecular weight excluding hydrogens is 358 g/mol. The van der Waals surface area contributed by atoms with Gasteiger partial charge in [-0.2, -0.15) is 0 Å². The molecule has 1 amide bonds. The van der Waals surface area contributed by atoms with Crippen LogP contribution in [0.3, 0.4) is 0 Å². The van der Waals surface area contributed by atoms with Gasteiger partial charge in [-0.05, 0) is 23.8 Å². The minimum Gasteiger partial charge on any atom is -0.465 e. The standard InChI is InChI=1S/C21H25N3O4/c1-27-21(26)17-13-16(24-9-11-28-12-10-24)7-8-19(17)23-20(25)14-18(22)15-5-3-2-4-6-15/h2-8,13,18H,9-12,14,22H2,1H3,(H,23,25). The van der Waals surface area contributed by atoms with Gasteiger partial charge in [-0.25, -0.2) is 4.79 Å². The Kier molecular flexibility index (Phi) is 6.62. The summed E-state index contributed by atoms with van der Waals surface area (Å²) < 4.78 is 10.3. The zero-order chi connectivity index (χ0) is 19.9. The fourth-order valence-corrected chi connectivity index (χ4v) is 3.16. The second-order valence-electron chi connectivity index (χ2n) is 6.59. The van der Waals surface area contributed by atoms with Crippen molar-refractivity contribution in [1.82, 2.24) is 0 Å². The Morgan fingerprint density at radius 3 is 2.57 bits per heavy atom. The van der Waals surface area contributed by atoms with Crippen molar-refractivity contribution in [3.8, 4) is 0 Å². The smallest absolute Gasteiger partial charge is 0.340 e. The van der Waals surface area contributed by atoms with E-state index in [4.69, 9.17) is 15.2 Å². The zero-order valence-corrected chi connectivity index (χ0v) is 15.9. The molecule has 2 aromatic carbocycles. The Hall–Kier alpha value is -2.90. The lowest BCUT2D eigenvalue weighted by atomic mass is 10.0. The van der Waals surface area contributed by atoms with Gasteiger partial charge < -0.3 is 25.4 Å². The second-order valence-corrected chi connectivity index (χ2v) is 6.59. The van der Waals surface area contributed by atoms with E-state index in [1.54, 1.807) is 12.1 Å². The molecule has 1 saturated heterocycles. The Morgan fingerprint density at radius 2 is 1.89 bits per heavy atom. The Labute approximate surface area is 164 Å². The quantitative estimate of drug-likeness (QED) is 0.744. The van der Waals surface area contributed by atoms with Crippen LogP contribution in [0, 0.1) is 0 Å². The predicted octanol–water partition coefficient (Wildman–Crippen LogP) is 2.34. The number of rotatable bonds is 6. The number of hydrogen-bond donors (Lipinski definition) is 2. The topological polar surface area (TPSA) is 93.9 Å². The first kappa shape index (κ1) is 19.9. The van der Waals surface area contributed by atoms with E-state index in [-0.39, 0.29) is 12.3 Å². The molecule has 0 saturated carbocycles. The van der Waals surface area contributed by atoms with Gasteiger partial charge >= 0.3 is 5.97 Å². The van der Waals surface area contributed by atoms with Crippen LogP contribution in [0.5, 0.6) is 0 Å². The highest BCUT2D eigenvalue weighted by Crippen LogP contribution is 2.25. The summed E-state index contributed by atoms with van der Waals surface area (Å²) in [6, 6.07) is 14.4. The van der Waals surface area contributed by atoms with Crippen LogP contribution in [0.25, 0.3) is 0 Å². The van der Waals surface area contributed by atoms with Crippen LogP contribution in [0.2, 0.25) is 0 Å². The number of nitrogens with one attached hydrogen (secondary N) is 1. The summed E-state index contributed by atoms with van der Waals surface area (Å²) in [5.74, 6) is -0.765. The number of carbonyl (C=O) groups excluding carboxylic acids is 2. The number of benzene rings is 2. The van der Waals surface area contributed by atoms with Gasteiger partial charge in [0.25, 0.3) is 0 Å². The molecule has 1 unspecified atom stereocenters. The molecule has 7 heteroatoms. The molecule has 7 nitrogen and oxygen atoms in total. The fourth-order valence-electron chi connectivity index (χ4n) is 3.16. The molecule has 1 aliphatic heterocycles. The van der Waals surface area contributed by atoms with E-state index in [1.165, 1.54) is 7.11 Å². The average molecular weight is 383 g/mol. The first-order valence-corrected chi connectivity index (χ1v) is 9.24. The number of morpholine rings is 1. The number of nitrogens with two attached hydrogens (primary N) is 1. The highest BCUT2D eigenvalue weighted by Gasteiger charge is 2.19. The lowest BCUT2D eigenvalue weighted by molar-refractivity contribution is -0.116. The van der Waals surface area contributed by atoms with Gasteiger partial charge in [0, 0.05) is 31.2 Å². The van der Waals surface area contributed by atoms with Crippen LogP contribution in [0.1, 0.15) is 28.4 Å². The lowest BCUT2D eigenvalue weighted by Gasteiger charge is -2.29. The first-order chi connectivity index (χ1) is 13.6. The third kappa shape index (κ3) is 4.88. The van der Waals surface area contributed by atoms with Gasteiger partial charge in [-0.1, -0.05) is 30.3 Å². The minimum atomic E-state index is -0.502. The second kappa shape index (κ2) is 9.34. The molecule has 0 aliphatic carbocycles. The summed E-state index contributed by atoms with van der Waals surface area (Å²) in [7, 11) is 1.32. The van der Waals surface area contributed by atoms with E-state index in [9.17, 15) is 9.59 Å². The maximum atomic E-state index is 12.5. The SMILES string of the molecule is COC(=O)c1cc(N2CCOCC2)ccc1NC(=O)CC(N)c1ccccc1. The number of methoxy groups -OCH3 is 1. The summed E-state index contributed by atoms with van der Waals surface area (Å²) in [5.41, 5.74) is 8.62. The molecule has 2 aromatic rings. The highest BCUT2D eigenvalue weighted by atomic mass is 16.5. The summed E-state index contributed by atoms with van der Waals surface area (Å²) in [6.45, 7) is 2.78. The van der Waals surface area contributed by atoms with Crippen molar-refractivity contribution >= 4 is 23.3 Å². The largest absolute Gasteiger partial charge is 0.465 e. The van der Waals surface area contributed by atoms with Crippen molar-refractivity contribution in [2.24, 2.45) is 5.73 Å². The Balaban J connectivity index is 1.74. The molecule has 1 heterocycles. The molecule has 3 rings (SSSR count). The molecule has 1 aliphatic rings. The number of ether oxygens (including phenoxy) is 2. The molecule has 0 spiro atoms. The molecule has 1 atom stereocenters. The van der Waals surface area contributed by atoms with Crippen molar-refractivity contribution in [1.29, 1.82) is 0 Å². The highest BCUT2D eigenvalue weighted by molar-refractivity contribution is 6.02. The lowest BCUT2D eigenvalue weighted by Crippen LogP contribution is -2.36. The molecule has 148 valence electrons. The predicted molar refractivity (Wildman–Crippen MR) is 107 cm³/mol. The van der Waals surface area contributed by atoms with E-state index in [0.717, 1.165) is 24.3 Å². The van der Waals surface area contributed by atoms with Gasteiger partial charge in [0.05, 0.1) is 31.6 Å². The Morgan fingerprint density at radius 1 is 1.18 bits per heavy atom. The number of hydrogen-bond acceptors (Lipinski definition) is 6. The van der Waals surface area contributed by atoms with Crippen molar-refractivity contribution in [3.05, 3.63) is 59.7 Å².